The number of unbranched alkanes of at least 4 members (excludes halogenated alkanes) is 2. The van der Waals surface area contributed by atoms with Crippen LogP contribution in [0.2, 0.25) is 5.02 Å². The van der Waals surface area contributed by atoms with Crippen LogP contribution in [0, 0.1) is 5.41 Å². The number of amidine groups is 1. The molecule has 1 amide bonds. The van der Waals surface area contributed by atoms with Gasteiger partial charge in [0, 0.05) is 48.7 Å². The quantitative estimate of drug-likeness (QED) is 0.0781. The largest absolute Gasteiger partial charge is 0.384 e. The zero-order chi connectivity index (χ0) is 32.9. The highest BCUT2D eigenvalue weighted by Crippen LogP contribution is 2.22. The molecule has 3 aromatic carbocycles. The number of benzene rings is 3. The number of nitrogens with two attached hydrogens (primary N) is 2. The number of amides is 1. The monoisotopic (exact) mass is 643 g/mol. The number of nitrogens with one attached hydrogen (secondary N) is 1. The smallest absolute Gasteiger partial charge is 0.254 e. The Hall–Kier alpha value is -3.72. The molecule has 9 heteroatoms. The fourth-order valence-electron chi connectivity index (χ4n) is 5.81. The van der Waals surface area contributed by atoms with Crippen molar-refractivity contribution in [1.82, 2.24) is 19.4 Å². The number of nitrogen functional groups attached to an aromatic ring is 1. The fraction of sp³-hybridized carbons (Fsp3) is 0.432. The van der Waals surface area contributed by atoms with E-state index in [0.717, 1.165) is 73.4 Å². The summed E-state index contributed by atoms with van der Waals surface area (Å²) in [6.07, 6.45) is 7.47. The van der Waals surface area contributed by atoms with Gasteiger partial charge in [0.2, 0.25) is 0 Å². The van der Waals surface area contributed by atoms with Crippen LogP contribution < -0.4 is 11.5 Å². The molecule has 4 rings (SSSR count). The van der Waals surface area contributed by atoms with E-state index in [2.05, 4.69) is 29.4 Å². The maximum Gasteiger partial charge on any atom is 0.254 e. The van der Waals surface area contributed by atoms with Crippen molar-refractivity contribution in [2.45, 2.75) is 71.9 Å². The van der Waals surface area contributed by atoms with Crippen molar-refractivity contribution < 1.29 is 4.79 Å². The van der Waals surface area contributed by atoms with Crippen LogP contribution in [0.25, 0.3) is 11.0 Å². The van der Waals surface area contributed by atoms with Gasteiger partial charge in [0.25, 0.3) is 5.91 Å². The third-order valence-electron chi connectivity index (χ3n) is 8.46. The van der Waals surface area contributed by atoms with Crippen LogP contribution in [-0.4, -0.2) is 63.8 Å². The Morgan fingerprint density at radius 3 is 2.11 bits per heavy atom. The highest BCUT2D eigenvalue weighted by molar-refractivity contribution is 6.30. The van der Waals surface area contributed by atoms with Gasteiger partial charge in [0.1, 0.15) is 11.7 Å². The second-order valence-corrected chi connectivity index (χ2v) is 12.5. The van der Waals surface area contributed by atoms with Gasteiger partial charge in [0.15, 0.2) is 0 Å². The number of fused-ring (bicyclic) bond motifs is 1. The van der Waals surface area contributed by atoms with Gasteiger partial charge in [-0.1, -0.05) is 74.7 Å². The van der Waals surface area contributed by atoms with E-state index in [1.165, 1.54) is 31.2 Å². The predicted molar refractivity (Wildman–Crippen MR) is 191 cm³/mol. The molecule has 0 fully saturated rings. The SMILES string of the molecule is CCCCN(CCCC)CCCn1c(CCc2ccc(C(=N)N)cc2)nc2cc(C(=O)N(CCN)Cc3ccc(Cl)cc3)ccc21. The number of imidazole rings is 1. The Kier molecular flexibility index (Phi) is 13.6. The maximum atomic E-state index is 13.7. The Morgan fingerprint density at radius 2 is 1.48 bits per heavy atom. The van der Waals surface area contributed by atoms with Crippen LogP contribution in [0.4, 0.5) is 0 Å². The van der Waals surface area contributed by atoms with Gasteiger partial charge < -0.3 is 25.8 Å². The molecule has 0 unspecified atom stereocenters. The van der Waals surface area contributed by atoms with E-state index in [1.807, 2.05) is 60.7 Å². The molecule has 5 N–H and O–H groups in total. The first kappa shape index (κ1) is 35.1. The molecule has 0 radical (unpaired) electrons. The highest BCUT2D eigenvalue weighted by atomic mass is 35.5. The number of halogens is 1. The topological polar surface area (TPSA) is 117 Å². The standard InChI is InChI=1S/C37H50ClN7O/c1-3-5-21-43(22-6-4-2)23-7-24-45-34-18-15-31(37(46)44(25-20-39)27-29-10-16-32(38)17-11-29)26-33(34)42-35(45)19-12-28-8-13-30(14-9-28)36(40)41/h8-11,13-18,26H,3-7,12,19-25,27,39H2,1-2H3,(H3,40,41). The van der Waals surface area contributed by atoms with Gasteiger partial charge in [-0.25, -0.2) is 4.98 Å². The Balaban J connectivity index is 1.57. The van der Waals surface area contributed by atoms with Crippen LogP contribution in [-0.2, 0) is 25.9 Å². The highest BCUT2D eigenvalue weighted by Gasteiger charge is 2.19. The first-order valence-corrected chi connectivity index (χ1v) is 17.1. The molecule has 0 aliphatic rings. The van der Waals surface area contributed by atoms with Crippen molar-refractivity contribution in [2.75, 3.05) is 32.7 Å². The van der Waals surface area contributed by atoms with E-state index < -0.39 is 0 Å². The number of rotatable bonds is 19. The molecule has 0 bridgehead atoms. The zero-order valence-corrected chi connectivity index (χ0v) is 28.2. The number of aryl methyl sites for hydroxylation is 3. The summed E-state index contributed by atoms with van der Waals surface area (Å²) in [6.45, 7) is 10.0. The van der Waals surface area contributed by atoms with Gasteiger partial charge in [0.05, 0.1) is 11.0 Å². The van der Waals surface area contributed by atoms with Gasteiger partial charge >= 0.3 is 0 Å². The van der Waals surface area contributed by atoms with Crippen LogP contribution in [0.3, 0.4) is 0 Å². The minimum Gasteiger partial charge on any atom is -0.384 e. The van der Waals surface area contributed by atoms with E-state index in [9.17, 15) is 4.79 Å². The second-order valence-electron chi connectivity index (χ2n) is 12.0. The van der Waals surface area contributed by atoms with E-state index in [4.69, 9.17) is 33.5 Å². The maximum absolute atomic E-state index is 13.7. The first-order chi connectivity index (χ1) is 22.3. The van der Waals surface area contributed by atoms with E-state index in [-0.39, 0.29) is 11.7 Å². The Morgan fingerprint density at radius 1 is 0.848 bits per heavy atom. The molecule has 4 aromatic rings. The second kappa shape index (κ2) is 17.8. The molecule has 0 saturated carbocycles. The molecule has 246 valence electrons. The summed E-state index contributed by atoms with van der Waals surface area (Å²) in [7, 11) is 0. The molecular formula is C37H50ClN7O. The van der Waals surface area contributed by atoms with Crippen LogP contribution in [0.1, 0.15) is 78.8 Å². The summed E-state index contributed by atoms with van der Waals surface area (Å²) >= 11 is 6.08. The van der Waals surface area contributed by atoms with E-state index in [1.54, 1.807) is 4.90 Å². The lowest BCUT2D eigenvalue weighted by molar-refractivity contribution is 0.0748. The van der Waals surface area contributed by atoms with Gasteiger partial charge in [-0.2, -0.15) is 0 Å². The Bertz CT molecular complexity index is 1540. The summed E-state index contributed by atoms with van der Waals surface area (Å²) in [5, 5.41) is 8.35. The van der Waals surface area contributed by atoms with Crippen molar-refractivity contribution in [1.29, 1.82) is 5.41 Å². The lowest BCUT2D eigenvalue weighted by Gasteiger charge is -2.22. The van der Waals surface area contributed by atoms with Crippen molar-refractivity contribution in [2.24, 2.45) is 11.5 Å². The minimum atomic E-state index is -0.0635. The van der Waals surface area contributed by atoms with Crippen LogP contribution >= 0.6 is 11.6 Å². The lowest BCUT2D eigenvalue weighted by atomic mass is 10.1. The molecule has 46 heavy (non-hydrogen) atoms. The predicted octanol–water partition coefficient (Wildman–Crippen LogP) is 6.65. The first-order valence-electron chi connectivity index (χ1n) is 16.7. The third-order valence-corrected chi connectivity index (χ3v) is 8.71. The van der Waals surface area contributed by atoms with Gasteiger partial charge in [-0.05, 0) is 86.8 Å². The Labute approximate surface area is 279 Å². The number of carbonyl (C=O) groups is 1. The van der Waals surface area contributed by atoms with Crippen molar-refractivity contribution in [3.05, 3.63) is 99.8 Å². The molecule has 1 aromatic heterocycles. The van der Waals surface area contributed by atoms with Crippen molar-refractivity contribution in [3.63, 3.8) is 0 Å². The van der Waals surface area contributed by atoms with E-state index in [0.29, 0.717) is 30.2 Å². The number of carbonyl (C=O) groups excluding carboxylic acids is 1. The number of hydrogen-bond acceptors (Lipinski definition) is 5. The molecule has 0 aliphatic heterocycles. The summed E-state index contributed by atoms with van der Waals surface area (Å²) in [4.78, 5) is 23.2. The van der Waals surface area contributed by atoms with Gasteiger partial charge in [-0.3, -0.25) is 10.2 Å². The molecule has 0 spiro atoms. The van der Waals surface area contributed by atoms with Crippen LogP contribution in [0.5, 0.6) is 0 Å². The number of hydrogen-bond donors (Lipinski definition) is 3. The normalized spacial score (nSPS) is 11.4. The molecule has 0 aliphatic carbocycles. The zero-order valence-electron chi connectivity index (χ0n) is 27.5. The summed E-state index contributed by atoms with van der Waals surface area (Å²) < 4.78 is 2.34. The number of aromatic nitrogens is 2. The molecule has 0 saturated heterocycles. The molecule has 0 atom stereocenters. The summed E-state index contributed by atoms with van der Waals surface area (Å²) in [5.41, 5.74) is 17.0. The van der Waals surface area contributed by atoms with Gasteiger partial charge in [-0.15, -0.1) is 0 Å². The van der Waals surface area contributed by atoms with Crippen molar-refractivity contribution in [3.8, 4) is 0 Å². The summed E-state index contributed by atoms with van der Waals surface area (Å²) in [5.74, 6) is 1.03. The summed E-state index contributed by atoms with van der Waals surface area (Å²) in [6, 6.07) is 21.3. The average molecular weight is 644 g/mol. The molecule has 1 heterocycles. The molecular weight excluding hydrogens is 594 g/mol. The van der Waals surface area contributed by atoms with E-state index >= 15 is 0 Å². The lowest BCUT2D eigenvalue weighted by Crippen LogP contribution is -2.34. The third kappa shape index (κ3) is 9.89. The fourth-order valence-corrected chi connectivity index (χ4v) is 5.94. The van der Waals surface area contributed by atoms with Crippen LogP contribution in [0.15, 0.2) is 66.7 Å². The van der Waals surface area contributed by atoms with Crippen molar-refractivity contribution >= 4 is 34.4 Å². The average Bonchev–Trinajstić information content (AvgIpc) is 3.41. The number of nitrogens with zero attached hydrogens (tertiary/aromatic N) is 4. The minimum absolute atomic E-state index is 0.0635. The molecule has 8 nitrogen and oxygen atoms in total.